The highest BCUT2D eigenvalue weighted by atomic mass is 16.5. The minimum Gasteiger partial charge on any atom is -0.488 e. The lowest BCUT2D eigenvalue weighted by atomic mass is 10.2. The van der Waals surface area contributed by atoms with Crippen LogP contribution in [0.3, 0.4) is 0 Å². The number of hydrogen-bond donors (Lipinski definition) is 1. The highest BCUT2D eigenvalue weighted by Gasteiger charge is 2.17. The van der Waals surface area contributed by atoms with E-state index >= 15 is 0 Å². The van der Waals surface area contributed by atoms with Crippen LogP contribution >= 0.6 is 0 Å². The van der Waals surface area contributed by atoms with Gasteiger partial charge in [0.05, 0.1) is 11.6 Å². The quantitative estimate of drug-likeness (QED) is 0.724. The molecule has 1 aliphatic heterocycles. The van der Waals surface area contributed by atoms with E-state index < -0.39 is 0 Å². The van der Waals surface area contributed by atoms with E-state index in [0.717, 1.165) is 18.8 Å². The minimum atomic E-state index is 0.299. The SMILES string of the molecule is N#Cc1ccc(OC2CNC2)cc1. The fourth-order valence-electron chi connectivity index (χ4n) is 1.15. The zero-order chi connectivity index (χ0) is 9.10. The first-order chi connectivity index (χ1) is 6.38. The van der Waals surface area contributed by atoms with Crippen molar-refractivity contribution < 1.29 is 4.74 Å². The number of nitriles is 1. The summed E-state index contributed by atoms with van der Waals surface area (Å²) < 4.78 is 5.58. The Balaban J connectivity index is 2.01. The van der Waals surface area contributed by atoms with Crippen LogP contribution in [0.25, 0.3) is 0 Å². The zero-order valence-electron chi connectivity index (χ0n) is 7.16. The summed E-state index contributed by atoms with van der Waals surface area (Å²) in [4.78, 5) is 0. The third-order valence-corrected chi connectivity index (χ3v) is 2.03. The molecule has 0 amide bonds. The van der Waals surface area contributed by atoms with Gasteiger partial charge < -0.3 is 10.1 Å². The van der Waals surface area contributed by atoms with Gasteiger partial charge in [-0.05, 0) is 24.3 Å². The van der Waals surface area contributed by atoms with E-state index in [9.17, 15) is 0 Å². The van der Waals surface area contributed by atoms with Gasteiger partial charge in [0, 0.05) is 13.1 Å². The van der Waals surface area contributed by atoms with E-state index in [2.05, 4.69) is 11.4 Å². The molecule has 1 aromatic rings. The normalized spacial score (nSPS) is 15.9. The van der Waals surface area contributed by atoms with Gasteiger partial charge in [-0.3, -0.25) is 0 Å². The van der Waals surface area contributed by atoms with Gasteiger partial charge in [0.15, 0.2) is 0 Å². The van der Waals surface area contributed by atoms with Crippen molar-refractivity contribution in [2.45, 2.75) is 6.10 Å². The van der Waals surface area contributed by atoms with Crippen LogP contribution in [-0.4, -0.2) is 19.2 Å². The van der Waals surface area contributed by atoms with Crippen LogP contribution in [0, 0.1) is 11.3 Å². The monoisotopic (exact) mass is 174 g/mol. The summed E-state index contributed by atoms with van der Waals surface area (Å²) in [6, 6.07) is 9.26. The number of hydrogen-bond acceptors (Lipinski definition) is 3. The number of benzene rings is 1. The molecule has 1 aliphatic rings. The van der Waals surface area contributed by atoms with Gasteiger partial charge in [-0.15, -0.1) is 0 Å². The Labute approximate surface area is 76.9 Å². The molecular weight excluding hydrogens is 164 g/mol. The van der Waals surface area contributed by atoms with Gasteiger partial charge in [-0.2, -0.15) is 5.26 Å². The van der Waals surface area contributed by atoms with E-state index in [1.54, 1.807) is 12.1 Å². The van der Waals surface area contributed by atoms with Gasteiger partial charge >= 0.3 is 0 Å². The second-order valence-electron chi connectivity index (χ2n) is 3.03. The molecule has 0 aliphatic carbocycles. The van der Waals surface area contributed by atoms with E-state index in [1.807, 2.05) is 12.1 Å². The maximum Gasteiger partial charge on any atom is 0.123 e. The lowest BCUT2D eigenvalue weighted by Crippen LogP contribution is -2.50. The maximum atomic E-state index is 8.57. The van der Waals surface area contributed by atoms with Crippen LogP contribution < -0.4 is 10.1 Å². The first kappa shape index (κ1) is 8.09. The number of ether oxygens (including phenoxy) is 1. The standard InChI is InChI=1S/C10H10N2O/c11-5-8-1-3-9(4-2-8)13-10-6-12-7-10/h1-4,10,12H,6-7H2. The summed E-state index contributed by atoms with van der Waals surface area (Å²) in [7, 11) is 0. The molecule has 3 nitrogen and oxygen atoms in total. The van der Waals surface area contributed by atoms with Crippen molar-refractivity contribution in [3.05, 3.63) is 29.8 Å². The van der Waals surface area contributed by atoms with Crippen molar-refractivity contribution in [3.63, 3.8) is 0 Å². The molecule has 1 fully saturated rings. The van der Waals surface area contributed by atoms with Crippen LogP contribution in [0.15, 0.2) is 24.3 Å². The lowest BCUT2D eigenvalue weighted by Gasteiger charge is -2.27. The van der Waals surface area contributed by atoms with Crippen LogP contribution in [0.2, 0.25) is 0 Å². The van der Waals surface area contributed by atoms with E-state index in [-0.39, 0.29) is 0 Å². The maximum absolute atomic E-state index is 8.57. The topological polar surface area (TPSA) is 45.0 Å². The molecule has 3 heteroatoms. The minimum absolute atomic E-state index is 0.299. The molecule has 0 atom stereocenters. The molecule has 0 saturated carbocycles. The van der Waals surface area contributed by atoms with Gasteiger partial charge in [-0.1, -0.05) is 0 Å². The number of rotatable bonds is 2. The Morgan fingerprint density at radius 2 is 2.00 bits per heavy atom. The Bertz CT molecular complexity index is 322. The molecule has 1 aromatic carbocycles. The average molecular weight is 174 g/mol. The smallest absolute Gasteiger partial charge is 0.123 e. The molecular formula is C10H10N2O. The average Bonchev–Trinajstić information content (AvgIpc) is 2.12. The predicted molar refractivity (Wildman–Crippen MR) is 48.4 cm³/mol. The van der Waals surface area contributed by atoms with Crippen molar-refractivity contribution >= 4 is 0 Å². The number of nitrogens with zero attached hydrogens (tertiary/aromatic N) is 1. The summed E-state index contributed by atoms with van der Waals surface area (Å²) in [6.45, 7) is 1.83. The summed E-state index contributed by atoms with van der Waals surface area (Å²) in [5.41, 5.74) is 0.666. The van der Waals surface area contributed by atoms with Crippen molar-refractivity contribution in [3.8, 4) is 11.8 Å². The molecule has 1 saturated heterocycles. The van der Waals surface area contributed by atoms with Crippen molar-refractivity contribution in [1.29, 1.82) is 5.26 Å². The first-order valence-electron chi connectivity index (χ1n) is 4.26. The van der Waals surface area contributed by atoms with Crippen molar-refractivity contribution in [2.75, 3.05) is 13.1 Å². The largest absolute Gasteiger partial charge is 0.488 e. The van der Waals surface area contributed by atoms with E-state index in [1.165, 1.54) is 0 Å². The highest BCUT2D eigenvalue weighted by molar-refractivity contribution is 5.34. The molecule has 0 aromatic heterocycles. The first-order valence-corrected chi connectivity index (χ1v) is 4.26. The fourth-order valence-corrected chi connectivity index (χ4v) is 1.15. The van der Waals surface area contributed by atoms with Crippen LogP contribution in [0.1, 0.15) is 5.56 Å². The highest BCUT2D eigenvalue weighted by Crippen LogP contribution is 2.14. The van der Waals surface area contributed by atoms with Crippen LogP contribution in [0.4, 0.5) is 0 Å². The Morgan fingerprint density at radius 1 is 1.31 bits per heavy atom. The molecule has 0 radical (unpaired) electrons. The Morgan fingerprint density at radius 3 is 2.46 bits per heavy atom. The van der Waals surface area contributed by atoms with Gasteiger partial charge in [-0.25, -0.2) is 0 Å². The third kappa shape index (κ3) is 1.79. The summed E-state index contributed by atoms with van der Waals surface area (Å²) in [6.07, 6.45) is 0.299. The molecule has 1 heterocycles. The van der Waals surface area contributed by atoms with Crippen molar-refractivity contribution in [2.24, 2.45) is 0 Å². The predicted octanol–water partition coefficient (Wildman–Crippen LogP) is 0.909. The third-order valence-electron chi connectivity index (χ3n) is 2.03. The molecule has 1 N–H and O–H groups in total. The molecule has 66 valence electrons. The van der Waals surface area contributed by atoms with Crippen molar-refractivity contribution in [1.82, 2.24) is 5.32 Å². The molecule has 0 bridgehead atoms. The summed E-state index contributed by atoms with van der Waals surface area (Å²) in [5.74, 6) is 0.838. The molecule has 2 rings (SSSR count). The van der Waals surface area contributed by atoms with E-state index in [4.69, 9.17) is 10.00 Å². The van der Waals surface area contributed by atoms with Crippen LogP contribution in [0.5, 0.6) is 5.75 Å². The zero-order valence-corrected chi connectivity index (χ0v) is 7.16. The lowest BCUT2D eigenvalue weighted by molar-refractivity contribution is 0.142. The number of nitrogens with one attached hydrogen (secondary N) is 1. The fraction of sp³-hybridized carbons (Fsp3) is 0.300. The van der Waals surface area contributed by atoms with Gasteiger partial charge in [0.1, 0.15) is 11.9 Å². The van der Waals surface area contributed by atoms with Crippen LogP contribution in [-0.2, 0) is 0 Å². The van der Waals surface area contributed by atoms with E-state index in [0.29, 0.717) is 11.7 Å². The summed E-state index contributed by atoms with van der Waals surface area (Å²) >= 11 is 0. The Hall–Kier alpha value is -1.53. The second-order valence-corrected chi connectivity index (χ2v) is 3.03. The van der Waals surface area contributed by atoms with Gasteiger partial charge in [0.2, 0.25) is 0 Å². The molecule has 13 heavy (non-hydrogen) atoms. The van der Waals surface area contributed by atoms with Gasteiger partial charge in [0.25, 0.3) is 0 Å². The Kier molecular flexibility index (Phi) is 2.15. The second kappa shape index (κ2) is 3.46. The molecule has 0 unspecified atom stereocenters. The summed E-state index contributed by atoms with van der Waals surface area (Å²) in [5, 5.41) is 11.7. The molecule has 0 spiro atoms.